The fraction of sp³-hybridized carbons (Fsp3) is 0.435. The fourth-order valence-electron chi connectivity index (χ4n) is 4.18. The lowest BCUT2D eigenvalue weighted by molar-refractivity contribution is 0.162. The van der Waals surface area contributed by atoms with Gasteiger partial charge in [0.25, 0.3) is 0 Å². The summed E-state index contributed by atoms with van der Waals surface area (Å²) in [6.07, 6.45) is 2.46. The van der Waals surface area contributed by atoms with Crippen LogP contribution in [0.3, 0.4) is 0 Å². The third-order valence-corrected chi connectivity index (χ3v) is 5.35. The highest BCUT2D eigenvalue weighted by atomic mass is 16.5. The second kappa shape index (κ2) is 7.35. The Morgan fingerprint density at radius 2 is 1.74 bits per heavy atom. The van der Waals surface area contributed by atoms with E-state index in [4.69, 9.17) is 4.74 Å². The molecule has 142 valence electrons. The molecule has 1 fully saturated rings. The van der Waals surface area contributed by atoms with Crippen LogP contribution >= 0.6 is 0 Å². The molecule has 27 heavy (non-hydrogen) atoms. The molecule has 4 rings (SSSR count). The number of piperidine rings is 1. The van der Waals surface area contributed by atoms with Gasteiger partial charge in [-0.05, 0) is 81.6 Å². The maximum atomic E-state index is 6.29. The minimum Gasteiger partial charge on any atom is -0.490 e. The molecule has 0 bridgehead atoms. The van der Waals surface area contributed by atoms with Crippen LogP contribution in [0.1, 0.15) is 49.6 Å². The number of benzene rings is 1. The van der Waals surface area contributed by atoms with Gasteiger partial charge < -0.3 is 15.0 Å². The van der Waals surface area contributed by atoms with Gasteiger partial charge in [-0.1, -0.05) is 13.8 Å². The van der Waals surface area contributed by atoms with Crippen molar-refractivity contribution in [2.45, 2.75) is 52.6 Å². The molecule has 0 amide bonds. The molecule has 0 atom stereocenters. The van der Waals surface area contributed by atoms with Gasteiger partial charge in [0.05, 0.1) is 5.69 Å². The average molecular weight is 364 g/mol. The standard InChI is InChI=1S/C23H29N3O/c1-14(2)22-20-13-19(27-18-7-9-24-10-8-18)5-6-21(20)26-23(22)17-11-15(3)25-16(4)12-17/h5-6,11-14,18,24,26H,7-10H2,1-4H3. The lowest BCUT2D eigenvalue weighted by Gasteiger charge is -2.23. The van der Waals surface area contributed by atoms with Gasteiger partial charge in [-0.3, -0.25) is 4.98 Å². The van der Waals surface area contributed by atoms with E-state index in [1.165, 1.54) is 27.7 Å². The van der Waals surface area contributed by atoms with Gasteiger partial charge in [-0.15, -0.1) is 0 Å². The molecule has 1 saturated heterocycles. The van der Waals surface area contributed by atoms with Gasteiger partial charge in [-0.25, -0.2) is 0 Å². The Hall–Kier alpha value is -2.33. The molecule has 3 aromatic rings. The molecular formula is C23H29N3O. The second-order valence-electron chi connectivity index (χ2n) is 7.98. The van der Waals surface area contributed by atoms with Gasteiger partial charge in [0.15, 0.2) is 0 Å². The molecule has 3 heterocycles. The van der Waals surface area contributed by atoms with Crippen LogP contribution < -0.4 is 10.1 Å². The molecular weight excluding hydrogens is 334 g/mol. The number of aromatic nitrogens is 2. The average Bonchev–Trinajstić information content (AvgIpc) is 3.01. The minimum absolute atomic E-state index is 0.315. The van der Waals surface area contributed by atoms with E-state index < -0.39 is 0 Å². The summed E-state index contributed by atoms with van der Waals surface area (Å²) < 4.78 is 6.29. The van der Waals surface area contributed by atoms with Crippen molar-refractivity contribution in [3.8, 4) is 17.0 Å². The van der Waals surface area contributed by atoms with Crippen molar-refractivity contribution >= 4 is 10.9 Å². The Morgan fingerprint density at radius 3 is 2.41 bits per heavy atom. The number of rotatable bonds is 4. The monoisotopic (exact) mass is 363 g/mol. The number of hydrogen-bond acceptors (Lipinski definition) is 3. The first-order chi connectivity index (χ1) is 13.0. The summed E-state index contributed by atoms with van der Waals surface area (Å²) in [5, 5.41) is 4.66. The largest absolute Gasteiger partial charge is 0.490 e. The minimum atomic E-state index is 0.315. The highest BCUT2D eigenvalue weighted by Gasteiger charge is 2.19. The molecule has 0 radical (unpaired) electrons. The zero-order valence-corrected chi connectivity index (χ0v) is 16.7. The van der Waals surface area contributed by atoms with E-state index in [9.17, 15) is 0 Å². The molecule has 0 unspecified atom stereocenters. The van der Waals surface area contributed by atoms with Crippen LogP contribution in [0, 0.1) is 13.8 Å². The van der Waals surface area contributed by atoms with Crippen LogP contribution in [0.15, 0.2) is 30.3 Å². The Kier molecular flexibility index (Phi) is 4.92. The summed E-state index contributed by atoms with van der Waals surface area (Å²) in [5.41, 5.74) is 7.03. The quantitative estimate of drug-likeness (QED) is 0.678. The van der Waals surface area contributed by atoms with E-state index in [2.05, 4.69) is 73.3 Å². The predicted octanol–water partition coefficient (Wildman–Crippen LogP) is 5.10. The number of nitrogens with zero attached hydrogens (tertiary/aromatic N) is 1. The summed E-state index contributed by atoms with van der Waals surface area (Å²) >= 11 is 0. The number of aromatic amines is 1. The summed E-state index contributed by atoms with van der Waals surface area (Å²) in [6.45, 7) is 10.7. The molecule has 0 saturated carbocycles. The van der Waals surface area contributed by atoms with Crippen molar-refractivity contribution in [3.05, 3.63) is 47.3 Å². The maximum absolute atomic E-state index is 6.29. The SMILES string of the molecule is Cc1cc(-c2[nH]c3ccc(OC4CCNCC4)cc3c2C(C)C)cc(C)n1. The van der Waals surface area contributed by atoms with Gasteiger partial charge >= 0.3 is 0 Å². The van der Waals surface area contributed by atoms with Crippen LogP contribution in [-0.2, 0) is 0 Å². The van der Waals surface area contributed by atoms with Crippen molar-refractivity contribution in [3.63, 3.8) is 0 Å². The van der Waals surface area contributed by atoms with Crippen molar-refractivity contribution in [2.24, 2.45) is 0 Å². The molecule has 4 heteroatoms. The summed E-state index contributed by atoms with van der Waals surface area (Å²) in [5.74, 6) is 1.39. The normalized spacial score (nSPS) is 15.6. The number of hydrogen-bond donors (Lipinski definition) is 2. The maximum Gasteiger partial charge on any atom is 0.120 e. The van der Waals surface area contributed by atoms with Crippen molar-refractivity contribution < 1.29 is 4.74 Å². The molecule has 2 N–H and O–H groups in total. The van der Waals surface area contributed by atoms with E-state index in [0.29, 0.717) is 12.0 Å². The first-order valence-electron chi connectivity index (χ1n) is 10.00. The van der Waals surface area contributed by atoms with Gasteiger partial charge in [-0.2, -0.15) is 0 Å². The molecule has 4 nitrogen and oxygen atoms in total. The zero-order valence-electron chi connectivity index (χ0n) is 16.7. The van der Waals surface area contributed by atoms with Gasteiger partial charge in [0, 0.05) is 27.9 Å². The number of aryl methyl sites for hydroxylation is 2. The van der Waals surface area contributed by atoms with E-state index >= 15 is 0 Å². The summed E-state index contributed by atoms with van der Waals surface area (Å²) in [4.78, 5) is 8.18. The van der Waals surface area contributed by atoms with Crippen LogP contribution in [0.4, 0.5) is 0 Å². The van der Waals surface area contributed by atoms with Crippen LogP contribution in [0.25, 0.3) is 22.2 Å². The second-order valence-corrected chi connectivity index (χ2v) is 7.98. The lowest BCUT2D eigenvalue weighted by atomic mass is 9.96. The Labute approximate surface area is 161 Å². The Morgan fingerprint density at radius 1 is 1.04 bits per heavy atom. The molecule has 1 aromatic carbocycles. The predicted molar refractivity (Wildman–Crippen MR) is 112 cm³/mol. The van der Waals surface area contributed by atoms with E-state index in [-0.39, 0.29) is 0 Å². The number of fused-ring (bicyclic) bond motifs is 1. The highest BCUT2D eigenvalue weighted by Crippen LogP contribution is 2.37. The van der Waals surface area contributed by atoms with E-state index in [0.717, 1.165) is 43.1 Å². The number of ether oxygens (including phenoxy) is 1. The molecule has 1 aliphatic rings. The van der Waals surface area contributed by atoms with Crippen LogP contribution in [0.5, 0.6) is 5.75 Å². The Balaban J connectivity index is 1.77. The fourth-order valence-corrected chi connectivity index (χ4v) is 4.18. The van der Waals surface area contributed by atoms with Crippen LogP contribution in [-0.4, -0.2) is 29.2 Å². The first kappa shape index (κ1) is 18.1. The molecule has 0 spiro atoms. The van der Waals surface area contributed by atoms with Gasteiger partial charge in [0.2, 0.25) is 0 Å². The van der Waals surface area contributed by atoms with E-state index in [1.54, 1.807) is 0 Å². The van der Waals surface area contributed by atoms with Gasteiger partial charge in [0.1, 0.15) is 11.9 Å². The van der Waals surface area contributed by atoms with Crippen molar-refractivity contribution in [2.75, 3.05) is 13.1 Å². The molecule has 1 aliphatic heterocycles. The van der Waals surface area contributed by atoms with Crippen molar-refractivity contribution in [1.29, 1.82) is 0 Å². The molecule has 0 aliphatic carbocycles. The van der Waals surface area contributed by atoms with Crippen molar-refractivity contribution in [1.82, 2.24) is 15.3 Å². The smallest absolute Gasteiger partial charge is 0.120 e. The molecule has 2 aromatic heterocycles. The van der Waals surface area contributed by atoms with Crippen LogP contribution in [0.2, 0.25) is 0 Å². The first-order valence-corrected chi connectivity index (χ1v) is 10.00. The summed E-state index contributed by atoms with van der Waals surface area (Å²) in [7, 11) is 0. The third kappa shape index (κ3) is 3.72. The third-order valence-electron chi connectivity index (χ3n) is 5.35. The lowest BCUT2D eigenvalue weighted by Crippen LogP contribution is -2.34. The zero-order chi connectivity index (χ0) is 19.0. The summed E-state index contributed by atoms with van der Waals surface area (Å²) in [6, 6.07) is 10.8. The Bertz CT molecular complexity index is 931. The number of pyridine rings is 1. The number of H-pyrrole nitrogens is 1. The topological polar surface area (TPSA) is 49.9 Å². The highest BCUT2D eigenvalue weighted by molar-refractivity contribution is 5.92. The number of nitrogens with one attached hydrogen (secondary N) is 2. The van der Waals surface area contributed by atoms with E-state index in [1.807, 2.05) is 0 Å².